The molecule has 0 fully saturated rings. The van der Waals surface area contributed by atoms with Crippen molar-refractivity contribution in [3.8, 4) is 0 Å². The van der Waals surface area contributed by atoms with Gasteiger partial charge in [-0.25, -0.2) is 9.13 Å². The van der Waals surface area contributed by atoms with E-state index in [1.54, 1.807) is 0 Å². The van der Waals surface area contributed by atoms with Crippen LogP contribution in [0.3, 0.4) is 0 Å². The van der Waals surface area contributed by atoms with E-state index in [2.05, 4.69) is 34.6 Å². The summed E-state index contributed by atoms with van der Waals surface area (Å²) >= 11 is 0. The minimum Gasteiger partial charge on any atom is -0.462 e. The fraction of sp³-hybridized carbons (Fsp3) is 0.944. The molecule has 0 heterocycles. The van der Waals surface area contributed by atoms with Crippen molar-refractivity contribution in [3.05, 3.63) is 0 Å². The van der Waals surface area contributed by atoms with Crippen LogP contribution in [0.25, 0.3) is 0 Å². The second-order valence-electron chi connectivity index (χ2n) is 26.5. The number of ether oxygens (including phenoxy) is 4. The quantitative estimate of drug-likeness (QED) is 0.0222. The lowest BCUT2D eigenvalue weighted by Crippen LogP contribution is -2.30. The lowest BCUT2D eigenvalue weighted by molar-refractivity contribution is -0.161. The molecule has 0 aromatic heterocycles. The van der Waals surface area contributed by atoms with Gasteiger partial charge < -0.3 is 33.8 Å². The van der Waals surface area contributed by atoms with E-state index in [-0.39, 0.29) is 25.7 Å². The molecule has 0 saturated carbocycles. The van der Waals surface area contributed by atoms with Crippen LogP contribution in [0.2, 0.25) is 0 Å². The Bertz CT molecular complexity index is 1750. The summed E-state index contributed by atoms with van der Waals surface area (Å²) in [6.07, 6.45) is 52.5. The van der Waals surface area contributed by atoms with Crippen LogP contribution in [-0.2, 0) is 65.4 Å². The highest BCUT2D eigenvalue weighted by molar-refractivity contribution is 7.47. The maximum Gasteiger partial charge on any atom is 0.472 e. The molecular formula is C72H140O17P2. The number of aliphatic hydroxyl groups is 1. The molecule has 0 aliphatic carbocycles. The van der Waals surface area contributed by atoms with Gasteiger partial charge in [-0.3, -0.25) is 37.3 Å². The first-order chi connectivity index (χ1) is 44.0. The zero-order valence-corrected chi connectivity index (χ0v) is 60.8. The van der Waals surface area contributed by atoms with Gasteiger partial charge in [0.05, 0.1) is 26.4 Å². The zero-order chi connectivity index (χ0) is 67.0. The van der Waals surface area contributed by atoms with Gasteiger partial charge in [-0.1, -0.05) is 324 Å². The molecule has 2 unspecified atom stereocenters. The predicted molar refractivity (Wildman–Crippen MR) is 368 cm³/mol. The van der Waals surface area contributed by atoms with E-state index in [0.717, 1.165) is 95.8 Å². The number of carbonyl (C=O) groups excluding carboxylic acids is 4. The molecule has 91 heavy (non-hydrogen) atoms. The van der Waals surface area contributed by atoms with Crippen molar-refractivity contribution in [2.75, 3.05) is 39.6 Å². The second-order valence-corrected chi connectivity index (χ2v) is 29.4. The number of hydrogen-bond donors (Lipinski definition) is 3. The summed E-state index contributed by atoms with van der Waals surface area (Å²) in [6, 6.07) is 0. The van der Waals surface area contributed by atoms with E-state index >= 15 is 0 Å². The van der Waals surface area contributed by atoms with Gasteiger partial charge in [-0.05, 0) is 31.6 Å². The molecule has 0 saturated heterocycles. The molecule has 0 amide bonds. The maximum absolute atomic E-state index is 13.0. The fourth-order valence-corrected chi connectivity index (χ4v) is 12.6. The Morgan fingerprint density at radius 1 is 0.297 bits per heavy atom. The SMILES string of the molecule is CCCCCCCCCCCCCCC(=O)OC[C@H](COP(=O)(O)OC[C@@H](O)COP(=O)(O)OC[C@@H](COC(=O)CCCCCCCCCCCCC)OC(=O)CCCCCCCCCCCCCC)OC(=O)CCCCCCCCCCCCCCCC(C)C. The minimum absolute atomic E-state index is 0.108. The van der Waals surface area contributed by atoms with Crippen molar-refractivity contribution in [2.45, 2.75) is 393 Å². The Kier molecular flexibility index (Phi) is 64.0. The van der Waals surface area contributed by atoms with Crippen LogP contribution in [0.15, 0.2) is 0 Å². The van der Waals surface area contributed by atoms with E-state index in [1.165, 1.54) is 199 Å². The van der Waals surface area contributed by atoms with Crippen LogP contribution < -0.4 is 0 Å². The topological polar surface area (TPSA) is 237 Å². The lowest BCUT2D eigenvalue weighted by Gasteiger charge is -2.21. The zero-order valence-electron chi connectivity index (χ0n) is 59.0. The van der Waals surface area contributed by atoms with Gasteiger partial charge >= 0.3 is 39.5 Å². The number of hydrogen-bond acceptors (Lipinski definition) is 15. The van der Waals surface area contributed by atoms with Gasteiger partial charge in [0.25, 0.3) is 0 Å². The Labute approximate surface area is 556 Å². The Morgan fingerprint density at radius 3 is 0.747 bits per heavy atom. The van der Waals surface area contributed by atoms with E-state index in [9.17, 15) is 43.2 Å². The molecule has 0 aromatic rings. The van der Waals surface area contributed by atoms with Gasteiger partial charge in [0.2, 0.25) is 0 Å². The van der Waals surface area contributed by atoms with Crippen molar-refractivity contribution in [3.63, 3.8) is 0 Å². The number of rotatable bonds is 72. The molecule has 0 spiro atoms. The van der Waals surface area contributed by atoms with Crippen LogP contribution in [0.1, 0.15) is 375 Å². The molecule has 0 aliphatic rings. The number of aliphatic hydroxyl groups excluding tert-OH is 1. The summed E-state index contributed by atoms with van der Waals surface area (Å²) in [5, 5.41) is 10.6. The van der Waals surface area contributed by atoms with E-state index < -0.39 is 97.5 Å². The molecule has 0 radical (unpaired) electrons. The van der Waals surface area contributed by atoms with Crippen LogP contribution in [0.5, 0.6) is 0 Å². The van der Waals surface area contributed by atoms with Crippen molar-refractivity contribution < 1.29 is 80.2 Å². The van der Waals surface area contributed by atoms with Crippen molar-refractivity contribution in [1.29, 1.82) is 0 Å². The summed E-state index contributed by atoms with van der Waals surface area (Å²) in [5.74, 6) is -1.33. The van der Waals surface area contributed by atoms with Crippen LogP contribution >= 0.6 is 15.6 Å². The van der Waals surface area contributed by atoms with Crippen LogP contribution in [0, 0.1) is 5.92 Å². The highest BCUT2D eigenvalue weighted by Crippen LogP contribution is 2.45. The third kappa shape index (κ3) is 66.5. The van der Waals surface area contributed by atoms with E-state index in [0.29, 0.717) is 25.7 Å². The number of phosphoric acid groups is 2. The van der Waals surface area contributed by atoms with Crippen molar-refractivity contribution in [2.24, 2.45) is 5.92 Å². The second kappa shape index (κ2) is 65.4. The highest BCUT2D eigenvalue weighted by Gasteiger charge is 2.30. The summed E-state index contributed by atoms with van der Waals surface area (Å²) in [7, 11) is -9.90. The molecule has 0 rings (SSSR count). The summed E-state index contributed by atoms with van der Waals surface area (Å²) in [6.45, 7) is 7.28. The normalized spacial score (nSPS) is 14.0. The van der Waals surface area contributed by atoms with Gasteiger partial charge in [0.1, 0.15) is 19.3 Å². The third-order valence-corrected chi connectivity index (χ3v) is 18.7. The standard InChI is InChI=1S/C72H140O17P2/c1-6-9-12-15-18-21-24-31-36-41-46-51-56-70(75)83-62-68(89-72(77)58-53-48-43-38-33-28-26-27-30-34-39-44-49-54-65(4)5)64-87-91(80,81)85-60-66(73)59-84-90(78,79)86-63-67(61-82-69(74)55-50-45-40-35-29-23-20-17-14-11-8-3)88-71(76)57-52-47-42-37-32-25-22-19-16-13-10-7-2/h65-68,73H,6-64H2,1-5H3,(H,78,79)(H,80,81)/t66-,67+,68+/m0/s1. The fourth-order valence-electron chi connectivity index (χ4n) is 11.0. The average Bonchev–Trinajstić information content (AvgIpc) is 3.71. The van der Waals surface area contributed by atoms with E-state index in [4.69, 9.17) is 37.0 Å². The molecule has 0 bridgehead atoms. The Morgan fingerprint density at radius 2 is 0.505 bits per heavy atom. The average molecular weight is 1340 g/mol. The molecule has 0 aromatic carbocycles. The summed E-state index contributed by atoms with van der Waals surface area (Å²) in [5.41, 5.74) is 0. The first-order valence-corrected chi connectivity index (χ1v) is 40.6. The van der Waals surface area contributed by atoms with Gasteiger partial charge in [0.15, 0.2) is 12.2 Å². The van der Waals surface area contributed by atoms with Crippen LogP contribution in [0.4, 0.5) is 0 Å². The number of carbonyl (C=O) groups is 4. The van der Waals surface area contributed by atoms with Crippen molar-refractivity contribution >= 4 is 39.5 Å². The molecular weight excluding hydrogens is 1200 g/mol. The number of phosphoric ester groups is 2. The molecule has 5 atom stereocenters. The number of esters is 4. The Hall–Kier alpha value is -1.94. The molecule has 0 aliphatic heterocycles. The van der Waals surface area contributed by atoms with Crippen LogP contribution in [-0.4, -0.2) is 96.7 Å². The first-order valence-electron chi connectivity index (χ1n) is 37.6. The number of unbranched alkanes of at least 4 members (excludes halogenated alkanes) is 44. The smallest absolute Gasteiger partial charge is 0.462 e. The minimum atomic E-state index is -4.95. The molecule has 17 nitrogen and oxygen atoms in total. The van der Waals surface area contributed by atoms with E-state index in [1.807, 2.05) is 0 Å². The van der Waals surface area contributed by atoms with Gasteiger partial charge in [0, 0.05) is 25.7 Å². The Balaban J connectivity index is 5.24. The van der Waals surface area contributed by atoms with Gasteiger partial charge in [-0.15, -0.1) is 0 Å². The summed E-state index contributed by atoms with van der Waals surface area (Å²) < 4.78 is 68.4. The molecule has 3 N–H and O–H groups in total. The van der Waals surface area contributed by atoms with Gasteiger partial charge in [-0.2, -0.15) is 0 Å². The predicted octanol–water partition coefficient (Wildman–Crippen LogP) is 20.9. The van der Waals surface area contributed by atoms with Crippen molar-refractivity contribution in [1.82, 2.24) is 0 Å². The first kappa shape index (κ1) is 89.1. The monoisotopic (exact) mass is 1340 g/mol. The maximum atomic E-state index is 13.0. The summed E-state index contributed by atoms with van der Waals surface area (Å²) in [4.78, 5) is 72.6. The largest absolute Gasteiger partial charge is 0.472 e. The molecule has 540 valence electrons. The molecule has 19 heteroatoms. The highest BCUT2D eigenvalue weighted by atomic mass is 31.2. The third-order valence-electron chi connectivity index (χ3n) is 16.8. The lowest BCUT2D eigenvalue weighted by atomic mass is 10.0.